The predicted molar refractivity (Wildman–Crippen MR) is 131 cm³/mol. The van der Waals surface area contributed by atoms with Crippen molar-refractivity contribution in [3.05, 3.63) is 70.2 Å². The first-order valence-electron chi connectivity index (χ1n) is 11.4. The first-order chi connectivity index (χ1) is 15.4. The van der Waals surface area contributed by atoms with E-state index < -0.39 is 0 Å². The van der Waals surface area contributed by atoms with E-state index in [1.54, 1.807) is 11.3 Å². The Morgan fingerprint density at radius 1 is 1.16 bits per heavy atom. The van der Waals surface area contributed by atoms with Gasteiger partial charge in [0.05, 0.1) is 29.8 Å². The molecule has 0 radical (unpaired) electrons. The molecule has 166 valence electrons. The van der Waals surface area contributed by atoms with Crippen molar-refractivity contribution in [1.29, 1.82) is 0 Å². The van der Waals surface area contributed by atoms with Crippen LogP contribution in [-0.2, 0) is 17.6 Å². The second kappa shape index (κ2) is 8.45. The maximum Gasteiger partial charge on any atom is 0.186 e. The summed E-state index contributed by atoms with van der Waals surface area (Å²) in [5, 5.41) is 0.976. The Bertz CT molecular complexity index is 1150. The third-order valence-electron chi connectivity index (χ3n) is 6.55. The van der Waals surface area contributed by atoms with Gasteiger partial charge in [-0.1, -0.05) is 73.7 Å². The lowest BCUT2D eigenvalue weighted by Crippen LogP contribution is -2.46. The molecule has 1 fully saturated rings. The zero-order valence-corrected chi connectivity index (χ0v) is 19.9. The predicted octanol–water partition coefficient (Wildman–Crippen LogP) is 5.72. The second-order valence-electron chi connectivity index (χ2n) is 9.85. The number of aromatic nitrogens is 1. The van der Waals surface area contributed by atoms with Crippen molar-refractivity contribution in [2.45, 2.75) is 46.1 Å². The number of ether oxygens (including phenoxy) is 1. The molecule has 1 saturated heterocycles. The smallest absolute Gasteiger partial charge is 0.186 e. The minimum Gasteiger partial charge on any atom is -0.377 e. The molecule has 2 aliphatic rings. The average molecular weight is 447 g/mol. The normalized spacial score (nSPS) is 20.3. The average Bonchev–Trinajstić information content (AvgIpc) is 3.18. The monoisotopic (exact) mass is 446 g/mol. The molecule has 4 nitrogen and oxygen atoms in total. The molecule has 1 aromatic heterocycles. The van der Waals surface area contributed by atoms with Gasteiger partial charge < -0.3 is 9.64 Å². The third-order valence-corrected chi connectivity index (χ3v) is 7.73. The summed E-state index contributed by atoms with van der Waals surface area (Å²) in [7, 11) is 0. The fraction of sp³-hybridized carbons (Fsp3) is 0.407. The Morgan fingerprint density at radius 2 is 2.00 bits per heavy atom. The molecule has 2 aromatic carbocycles. The van der Waals surface area contributed by atoms with Crippen LogP contribution in [0.1, 0.15) is 46.8 Å². The summed E-state index contributed by atoms with van der Waals surface area (Å²) < 4.78 is 5.86. The maximum absolute atomic E-state index is 12.7. The number of thiazole rings is 1. The highest BCUT2D eigenvalue weighted by atomic mass is 32.1. The Kier molecular flexibility index (Phi) is 5.64. The van der Waals surface area contributed by atoms with E-state index in [0.717, 1.165) is 35.1 Å². The minimum atomic E-state index is -0.00412. The molecule has 5 rings (SSSR count). The third kappa shape index (κ3) is 4.24. The van der Waals surface area contributed by atoms with Crippen LogP contribution >= 0.6 is 11.3 Å². The van der Waals surface area contributed by atoms with E-state index in [1.165, 1.54) is 22.3 Å². The SMILES string of the molecule is Cc1ccccc1-c1cccc(C[C@H]2COCCN2c2nc3c(s2)C(=O)CC(C)(C)C3)c1. The van der Waals surface area contributed by atoms with Crippen molar-refractivity contribution in [3.63, 3.8) is 0 Å². The largest absolute Gasteiger partial charge is 0.377 e. The van der Waals surface area contributed by atoms with Crippen LogP contribution in [0.2, 0.25) is 0 Å². The van der Waals surface area contributed by atoms with Crippen molar-refractivity contribution in [2.24, 2.45) is 5.41 Å². The summed E-state index contributed by atoms with van der Waals surface area (Å²) in [6.45, 7) is 8.66. The van der Waals surface area contributed by atoms with Gasteiger partial charge in [-0.25, -0.2) is 4.98 Å². The molecule has 1 aliphatic heterocycles. The van der Waals surface area contributed by atoms with E-state index in [1.807, 2.05) is 0 Å². The summed E-state index contributed by atoms with van der Waals surface area (Å²) in [6.07, 6.45) is 2.38. The van der Waals surface area contributed by atoms with E-state index in [4.69, 9.17) is 9.72 Å². The van der Waals surface area contributed by atoms with E-state index in [-0.39, 0.29) is 17.2 Å². The Morgan fingerprint density at radius 3 is 2.84 bits per heavy atom. The van der Waals surface area contributed by atoms with Gasteiger partial charge in [-0.15, -0.1) is 0 Å². The number of hydrogen-bond acceptors (Lipinski definition) is 5. The van der Waals surface area contributed by atoms with Gasteiger partial charge in [-0.05, 0) is 47.4 Å². The summed E-state index contributed by atoms with van der Waals surface area (Å²) in [6, 6.07) is 17.6. The minimum absolute atomic E-state index is 0.00412. The number of benzene rings is 2. The fourth-order valence-electron chi connectivity index (χ4n) is 4.94. The van der Waals surface area contributed by atoms with Crippen molar-refractivity contribution in [3.8, 4) is 11.1 Å². The van der Waals surface area contributed by atoms with Crippen molar-refractivity contribution < 1.29 is 9.53 Å². The van der Waals surface area contributed by atoms with Crippen LogP contribution in [0.5, 0.6) is 0 Å². The molecule has 1 aliphatic carbocycles. The highest BCUT2D eigenvalue weighted by Crippen LogP contribution is 2.40. The zero-order valence-electron chi connectivity index (χ0n) is 19.1. The number of nitrogens with zero attached hydrogens (tertiary/aromatic N) is 2. The van der Waals surface area contributed by atoms with Gasteiger partial charge >= 0.3 is 0 Å². The number of anilines is 1. The lowest BCUT2D eigenvalue weighted by atomic mass is 9.78. The first kappa shape index (κ1) is 21.4. The highest BCUT2D eigenvalue weighted by Gasteiger charge is 2.36. The van der Waals surface area contributed by atoms with Crippen molar-refractivity contribution in [2.75, 3.05) is 24.7 Å². The Balaban J connectivity index is 1.41. The molecular weight excluding hydrogens is 416 g/mol. The van der Waals surface area contributed by atoms with E-state index >= 15 is 0 Å². The molecule has 0 amide bonds. The quantitative estimate of drug-likeness (QED) is 0.514. The lowest BCUT2D eigenvalue weighted by Gasteiger charge is -2.35. The van der Waals surface area contributed by atoms with Gasteiger partial charge in [0.15, 0.2) is 10.9 Å². The van der Waals surface area contributed by atoms with Crippen molar-refractivity contribution in [1.82, 2.24) is 4.98 Å². The van der Waals surface area contributed by atoms with Gasteiger partial charge in [0.25, 0.3) is 0 Å². The maximum atomic E-state index is 12.7. The van der Waals surface area contributed by atoms with Gasteiger partial charge in [0, 0.05) is 13.0 Å². The topological polar surface area (TPSA) is 42.4 Å². The van der Waals surface area contributed by atoms with Gasteiger partial charge in [-0.2, -0.15) is 0 Å². The molecule has 32 heavy (non-hydrogen) atoms. The number of carbonyl (C=O) groups excluding carboxylic acids is 1. The molecule has 0 unspecified atom stereocenters. The van der Waals surface area contributed by atoms with Crippen LogP contribution in [0.25, 0.3) is 11.1 Å². The molecule has 0 spiro atoms. The molecule has 0 saturated carbocycles. The summed E-state index contributed by atoms with van der Waals surface area (Å²) in [4.78, 5) is 20.9. The fourth-order valence-corrected chi connectivity index (χ4v) is 6.06. The highest BCUT2D eigenvalue weighted by molar-refractivity contribution is 7.17. The number of ketones is 1. The van der Waals surface area contributed by atoms with Crippen LogP contribution < -0.4 is 4.90 Å². The summed E-state index contributed by atoms with van der Waals surface area (Å²) >= 11 is 1.58. The molecule has 1 atom stereocenters. The Hall–Kier alpha value is -2.50. The molecule has 3 aromatic rings. The number of aryl methyl sites for hydroxylation is 1. The van der Waals surface area contributed by atoms with Crippen molar-refractivity contribution >= 4 is 22.3 Å². The molecule has 0 bridgehead atoms. The van der Waals surface area contributed by atoms with Crippen LogP contribution in [-0.4, -0.2) is 36.6 Å². The summed E-state index contributed by atoms with van der Waals surface area (Å²) in [5.41, 5.74) is 6.09. The Labute approximate surface area is 194 Å². The number of fused-ring (bicyclic) bond motifs is 1. The number of carbonyl (C=O) groups is 1. The van der Waals surface area contributed by atoms with Gasteiger partial charge in [-0.3, -0.25) is 4.79 Å². The number of Topliss-reactive ketones (excluding diaryl/α,β-unsaturated/α-hetero) is 1. The molecule has 0 N–H and O–H groups in total. The molecular formula is C27H30N2O2S. The van der Waals surface area contributed by atoms with Gasteiger partial charge in [0.2, 0.25) is 0 Å². The zero-order chi connectivity index (χ0) is 22.3. The second-order valence-corrected chi connectivity index (χ2v) is 10.8. The van der Waals surface area contributed by atoms with Gasteiger partial charge in [0.1, 0.15) is 0 Å². The van der Waals surface area contributed by atoms with E-state index in [0.29, 0.717) is 19.6 Å². The first-order valence-corrected chi connectivity index (χ1v) is 12.2. The standard InChI is InChI=1S/C27H30N2O2S/c1-18-7-4-5-10-22(18)20-9-6-8-19(13-20)14-21-17-31-12-11-29(21)26-28-23-15-27(2,3)16-24(30)25(23)32-26/h4-10,13,21H,11-12,14-17H2,1-3H3/t21-/m0/s1. The number of morpholine rings is 1. The van der Waals surface area contributed by atoms with Crippen LogP contribution in [0.15, 0.2) is 48.5 Å². The number of hydrogen-bond donors (Lipinski definition) is 0. The lowest BCUT2D eigenvalue weighted by molar-refractivity contribution is 0.0915. The van der Waals surface area contributed by atoms with Crippen LogP contribution in [0.4, 0.5) is 5.13 Å². The van der Waals surface area contributed by atoms with E-state index in [9.17, 15) is 4.79 Å². The number of rotatable bonds is 4. The molecule has 2 heterocycles. The van der Waals surface area contributed by atoms with Crippen LogP contribution in [0, 0.1) is 12.3 Å². The molecule has 5 heteroatoms. The van der Waals surface area contributed by atoms with Crippen LogP contribution in [0.3, 0.4) is 0 Å². The van der Waals surface area contributed by atoms with E-state index in [2.05, 4.69) is 74.2 Å². The summed E-state index contributed by atoms with van der Waals surface area (Å²) in [5.74, 6) is 0.246.